The third-order valence-corrected chi connectivity index (χ3v) is 2.87. The van der Waals surface area contributed by atoms with Gasteiger partial charge in [-0.1, -0.05) is 43.0 Å². The van der Waals surface area contributed by atoms with Gasteiger partial charge in [-0.15, -0.1) is 0 Å². The van der Waals surface area contributed by atoms with Crippen LogP contribution in [0.1, 0.15) is 12.5 Å². The maximum atomic E-state index is 5.31. The highest BCUT2D eigenvalue weighted by molar-refractivity contribution is 7.80. The molecule has 0 saturated carbocycles. The van der Waals surface area contributed by atoms with Gasteiger partial charge in [0.25, 0.3) is 0 Å². The second-order valence-electron chi connectivity index (χ2n) is 4.27. The second-order valence-corrected chi connectivity index (χ2v) is 4.68. The topological polar surface area (TPSA) is 24.1 Å². The predicted octanol–water partition coefficient (Wildman–Crippen LogP) is 4.53. The number of para-hydroxylation sites is 2. The Hall–Kier alpha value is -2.13. The molecular weight excluding hydrogens is 252 g/mol. The van der Waals surface area contributed by atoms with Crippen molar-refractivity contribution in [3.8, 4) is 0 Å². The summed E-state index contributed by atoms with van der Waals surface area (Å²) in [6, 6.07) is 17.8. The molecule has 3 heteroatoms. The molecule has 0 aliphatic rings. The van der Waals surface area contributed by atoms with Crippen molar-refractivity contribution in [1.29, 1.82) is 0 Å². The van der Waals surface area contributed by atoms with E-state index in [1.165, 1.54) is 0 Å². The summed E-state index contributed by atoms with van der Waals surface area (Å²) in [4.78, 5) is 0. The molecule has 0 fully saturated rings. The Balaban J connectivity index is 2.09. The number of rotatable bonds is 3. The van der Waals surface area contributed by atoms with E-state index in [2.05, 4.69) is 17.2 Å². The van der Waals surface area contributed by atoms with Crippen LogP contribution in [-0.4, -0.2) is 5.11 Å². The number of allylic oxidation sites excluding steroid dienone is 1. The van der Waals surface area contributed by atoms with Crippen molar-refractivity contribution in [1.82, 2.24) is 0 Å². The van der Waals surface area contributed by atoms with Crippen LogP contribution in [0.15, 0.2) is 61.2 Å². The van der Waals surface area contributed by atoms with E-state index in [0.29, 0.717) is 5.11 Å². The van der Waals surface area contributed by atoms with Gasteiger partial charge in [0.1, 0.15) is 0 Å². The zero-order valence-corrected chi connectivity index (χ0v) is 11.6. The van der Waals surface area contributed by atoms with Crippen molar-refractivity contribution >= 4 is 34.3 Å². The summed E-state index contributed by atoms with van der Waals surface area (Å²) in [7, 11) is 0. The van der Waals surface area contributed by atoms with Crippen LogP contribution < -0.4 is 10.6 Å². The van der Waals surface area contributed by atoms with Gasteiger partial charge in [-0.05, 0) is 42.9 Å². The molecule has 2 aromatic carbocycles. The van der Waals surface area contributed by atoms with Crippen molar-refractivity contribution < 1.29 is 0 Å². The summed E-state index contributed by atoms with van der Waals surface area (Å²) < 4.78 is 0. The van der Waals surface area contributed by atoms with Crippen LogP contribution >= 0.6 is 12.2 Å². The van der Waals surface area contributed by atoms with E-state index in [0.717, 1.165) is 22.5 Å². The second kappa shape index (κ2) is 6.16. The molecule has 0 bridgehead atoms. The normalized spacial score (nSPS) is 9.74. The van der Waals surface area contributed by atoms with Crippen LogP contribution in [0.4, 0.5) is 11.4 Å². The molecule has 0 aliphatic carbocycles. The van der Waals surface area contributed by atoms with Crippen molar-refractivity contribution in [2.24, 2.45) is 0 Å². The average Bonchev–Trinajstić information content (AvgIpc) is 2.40. The molecule has 0 aliphatic heterocycles. The zero-order chi connectivity index (χ0) is 13.7. The SMILES string of the molecule is C=C(C)c1ccccc1NC(=S)Nc1ccccc1. The molecule has 2 nitrogen and oxygen atoms in total. The van der Waals surface area contributed by atoms with Crippen LogP contribution in [0.2, 0.25) is 0 Å². The molecular formula is C16H16N2S. The highest BCUT2D eigenvalue weighted by Gasteiger charge is 2.04. The van der Waals surface area contributed by atoms with E-state index in [1.807, 2.05) is 61.5 Å². The van der Waals surface area contributed by atoms with Gasteiger partial charge in [0.05, 0.1) is 0 Å². The molecule has 0 saturated heterocycles. The first kappa shape index (κ1) is 13.3. The number of nitrogens with one attached hydrogen (secondary N) is 2. The maximum Gasteiger partial charge on any atom is 0.175 e. The Bertz CT molecular complexity index is 591. The molecule has 19 heavy (non-hydrogen) atoms. The van der Waals surface area contributed by atoms with E-state index in [4.69, 9.17) is 12.2 Å². The van der Waals surface area contributed by atoms with Crippen molar-refractivity contribution in [2.75, 3.05) is 10.6 Å². The quantitative estimate of drug-likeness (QED) is 0.800. The fourth-order valence-corrected chi connectivity index (χ4v) is 2.00. The minimum absolute atomic E-state index is 0.569. The van der Waals surface area contributed by atoms with Gasteiger partial charge < -0.3 is 10.6 Å². The predicted molar refractivity (Wildman–Crippen MR) is 87.4 cm³/mol. The number of thiocarbonyl (C=S) groups is 1. The Kier molecular flexibility index (Phi) is 4.31. The van der Waals surface area contributed by atoms with Crippen LogP contribution in [0.25, 0.3) is 5.57 Å². The summed E-state index contributed by atoms with van der Waals surface area (Å²) in [6.45, 7) is 5.95. The first-order valence-electron chi connectivity index (χ1n) is 6.05. The molecule has 0 heterocycles. The summed E-state index contributed by atoms with van der Waals surface area (Å²) in [5, 5.41) is 6.92. The van der Waals surface area contributed by atoms with Crippen LogP contribution in [0.5, 0.6) is 0 Å². The molecule has 0 unspecified atom stereocenters. The van der Waals surface area contributed by atoms with Gasteiger partial charge in [0, 0.05) is 16.9 Å². The Morgan fingerprint density at radius 1 is 0.947 bits per heavy atom. The molecule has 0 atom stereocenters. The van der Waals surface area contributed by atoms with Gasteiger partial charge in [-0.2, -0.15) is 0 Å². The molecule has 0 amide bonds. The van der Waals surface area contributed by atoms with Crippen LogP contribution in [0.3, 0.4) is 0 Å². The van der Waals surface area contributed by atoms with Gasteiger partial charge in [0.2, 0.25) is 0 Å². The summed E-state index contributed by atoms with van der Waals surface area (Å²) in [6.07, 6.45) is 0. The lowest BCUT2D eigenvalue weighted by atomic mass is 10.1. The lowest BCUT2D eigenvalue weighted by Crippen LogP contribution is -2.19. The van der Waals surface area contributed by atoms with Crippen molar-refractivity contribution in [3.63, 3.8) is 0 Å². The van der Waals surface area contributed by atoms with Crippen molar-refractivity contribution in [3.05, 3.63) is 66.7 Å². The largest absolute Gasteiger partial charge is 0.332 e. The monoisotopic (exact) mass is 268 g/mol. The third-order valence-electron chi connectivity index (χ3n) is 2.67. The fourth-order valence-electron chi connectivity index (χ4n) is 1.77. The maximum absolute atomic E-state index is 5.31. The summed E-state index contributed by atoms with van der Waals surface area (Å²) >= 11 is 5.31. The van der Waals surface area contributed by atoms with E-state index in [9.17, 15) is 0 Å². The first-order valence-corrected chi connectivity index (χ1v) is 6.45. The molecule has 2 aromatic rings. The highest BCUT2D eigenvalue weighted by Crippen LogP contribution is 2.22. The smallest absolute Gasteiger partial charge is 0.175 e. The highest BCUT2D eigenvalue weighted by atomic mass is 32.1. The van der Waals surface area contributed by atoms with Crippen LogP contribution in [-0.2, 0) is 0 Å². The van der Waals surface area contributed by atoms with Gasteiger partial charge in [0.15, 0.2) is 5.11 Å². The van der Waals surface area contributed by atoms with Crippen molar-refractivity contribution in [2.45, 2.75) is 6.92 Å². The van der Waals surface area contributed by atoms with Crippen LogP contribution in [0, 0.1) is 0 Å². The molecule has 2 N–H and O–H groups in total. The van der Waals surface area contributed by atoms with E-state index in [1.54, 1.807) is 0 Å². The number of hydrogen-bond acceptors (Lipinski definition) is 1. The Labute approximate surface area is 119 Å². The van der Waals surface area contributed by atoms with Gasteiger partial charge >= 0.3 is 0 Å². The van der Waals surface area contributed by atoms with E-state index < -0.39 is 0 Å². The Morgan fingerprint density at radius 3 is 2.26 bits per heavy atom. The van der Waals surface area contributed by atoms with E-state index >= 15 is 0 Å². The van der Waals surface area contributed by atoms with Gasteiger partial charge in [-0.25, -0.2) is 0 Å². The number of hydrogen-bond donors (Lipinski definition) is 2. The number of benzene rings is 2. The first-order chi connectivity index (χ1) is 9.16. The van der Waals surface area contributed by atoms with Gasteiger partial charge in [-0.3, -0.25) is 0 Å². The lowest BCUT2D eigenvalue weighted by Gasteiger charge is -2.14. The molecule has 0 radical (unpaired) electrons. The molecule has 0 spiro atoms. The summed E-state index contributed by atoms with van der Waals surface area (Å²) in [5.74, 6) is 0. The summed E-state index contributed by atoms with van der Waals surface area (Å²) in [5.41, 5.74) is 4.00. The minimum atomic E-state index is 0.569. The van der Waals surface area contributed by atoms with E-state index in [-0.39, 0.29) is 0 Å². The molecule has 0 aromatic heterocycles. The number of anilines is 2. The minimum Gasteiger partial charge on any atom is -0.332 e. The Morgan fingerprint density at radius 2 is 1.58 bits per heavy atom. The average molecular weight is 268 g/mol. The third kappa shape index (κ3) is 3.66. The standard InChI is InChI=1S/C16H16N2S/c1-12(2)14-10-6-7-11-15(14)18-16(19)17-13-8-4-3-5-9-13/h3-11H,1H2,2H3,(H2,17,18,19). The molecule has 2 rings (SSSR count). The fraction of sp³-hybridized carbons (Fsp3) is 0.0625. The molecule has 96 valence electrons. The lowest BCUT2D eigenvalue weighted by molar-refractivity contribution is 1.54. The zero-order valence-electron chi connectivity index (χ0n) is 10.8.